The number of pyridine rings is 1. The Labute approximate surface area is 206 Å². The van der Waals surface area contributed by atoms with Gasteiger partial charge in [-0.15, -0.1) is 0 Å². The molecule has 1 unspecified atom stereocenters. The highest BCUT2D eigenvalue weighted by molar-refractivity contribution is 6.30. The first kappa shape index (κ1) is 21.6. The Bertz CT molecular complexity index is 1560. The number of amides is 1. The molecule has 1 saturated heterocycles. The van der Waals surface area contributed by atoms with Gasteiger partial charge in [0, 0.05) is 37.6 Å². The topological polar surface area (TPSA) is 87.5 Å². The number of fused-ring (bicyclic) bond motifs is 2. The van der Waals surface area contributed by atoms with Crippen LogP contribution in [-0.2, 0) is 4.74 Å². The van der Waals surface area contributed by atoms with Gasteiger partial charge in [-0.05, 0) is 53.9 Å². The minimum Gasteiger partial charge on any atom is -0.380 e. The molecule has 0 bridgehead atoms. The number of rotatable bonds is 5. The molecule has 4 heterocycles. The summed E-state index contributed by atoms with van der Waals surface area (Å²) in [5, 5.41) is 3.51. The molecule has 1 aliphatic rings. The molecule has 1 fully saturated rings. The number of imidazole rings is 2. The number of nitrogens with one attached hydrogen (secondary N) is 2. The Morgan fingerprint density at radius 1 is 1.11 bits per heavy atom. The number of aromatic amines is 1. The lowest BCUT2D eigenvalue weighted by atomic mass is 10.1. The number of benzene rings is 2. The van der Waals surface area contributed by atoms with E-state index in [2.05, 4.69) is 25.2 Å². The zero-order chi connectivity index (χ0) is 23.9. The molecular formula is C26H23ClN6O2. The first-order valence-electron chi connectivity index (χ1n) is 11.4. The van der Waals surface area contributed by atoms with Crippen molar-refractivity contribution in [2.75, 3.05) is 30.4 Å². The number of H-pyrrole nitrogens is 1. The van der Waals surface area contributed by atoms with Gasteiger partial charge in [0.2, 0.25) is 5.95 Å². The summed E-state index contributed by atoms with van der Waals surface area (Å²) in [5.41, 5.74) is 5.69. The van der Waals surface area contributed by atoms with Crippen LogP contribution in [0.15, 0.2) is 67.0 Å². The van der Waals surface area contributed by atoms with E-state index in [4.69, 9.17) is 16.3 Å². The molecule has 0 aliphatic carbocycles. The maximum Gasteiger partial charge on any atom is 0.278 e. The Morgan fingerprint density at radius 3 is 2.83 bits per heavy atom. The highest BCUT2D eigenvalue weighted by Crippen LogP contribution is 2.27. The minimum absolute atomic E-state index is 0.250. The number of nitrogens with zero attached hydrogens (tertiary/aromatic N) is 4. The minimum atomic E-state index is -0.329. The maximum absolute atomic E-state index is 12.9. The summed E-state index contributed by atoms with van der Waals surface area (Å²) in [7, 11) is 1.75. The van der Waals surface area contributed by atoms with Crippen LogP contribution >= 0.6 is 11.6 Å². The zero-order valence-electron chi connectivity index (χ0n) is 19.0. The summed E-state index contributed by atoms with van der Waals surface area (Å²) in [5.74, 6) is 0.0404. The van der Waals surface area contributed by atoms with Crippen LogP contribution in [0.25, 0.3) is 27.8 Å². The summed E-state index contributed by atoms with van der Waals surface area (Å²) < 4.78 is 7.35. The van der Waals surface area contributed by atoms with Crippen molar-refractivity contribution >= 4 is 45.8 Å². The van der Waals surface area contributed by atoms with E-state index in [1.54, 1.807) is 13.3 Å². The second kappa shape index (κ2) is 8.72. The van der Waals surface area contributed by atoms with Crippen LogP contribution in [0.3, 0.4) is 0 Å². The molecule has 1 aliphatic heterocycles. The standard InChI is InChI=1S/C26H23ClN6O2/c1-35-20-9-10-32(14-20)19-6-8-24-28-23(15-33(24)13-19)25(34)31-26-29-21-7-5-17(12-22(21)30-26)16-3-2-4-18(27)11-16/h2-8,11-13,15,20H,9-10,14H2,1H3,(H2,29,30,31,34). The van der Waals surface area contributed by atoms with E-state index < -0.39 is 0 Å². The first-order valence-corrected chi connectivity index (χ1v) is 11.8. The molecule has 0 spiro atoms. The van der Waals surface area contributed by atoms with Crippen LogP contribution < -0.4 is 10.2 Å². The molecular weight excluding hydrogens is 464 g/mol. The van der Waals surface area contributed by atoms with E-state index >= 15 is 0 Å². The number of carbonyl (C=O) groups is 1. The lowest BCUT2D eigenvalue weighted by Gasteiger charge is -2.18. The van der Waals surface area contributed by atoms with Gasteiger partial charge in [-0.1, -0.05) is 29.8 Å². The van der Waals surface area contributed by atoms with Crippen LogP contribution in [-0.4, -0.2) is 51.6 Å². The monoisotopic (exact) mass is 486 g/mol. The highest BCUT2D eigenvalue weighted by atomic mass is 35.5. The van der Waals surface area contributed by atoms with Crippen molar-refractivity contribution in [2.24, 2.45) is 0 Å². The maximum atomic E-state index is 12.9. The van der Waals surface area contributed by atoms with Crippen LogP contribution in [0.5, 0.6) is 0 Å². The van der Waals surface area contributed by atoms with E-state index in [9.17, 15) is 4.79 Å². The number of hydrogen-bond acceptors (Lipinski definition) is 5. The number of anilines is 2. The smallest absolute Gasteiger partial charge is 0.278 e. The van der Waals surface area contributed by atoms with Gasteiger partial charge in [0.05, 0.1) is 22.8 Å². The third-order valence-corrected chi connectivity index (χ3v) is 6.62. The fourth-order valence-corrected chi connectivity index (χ4v) is 4.71. The van der Waals surface area contributed by atoms with Crippen molar-refractivity contribution in [1.82, 2.24) is 19.4 Å². The second-order valence-electron chi connectivity index (χ2n) is 8.65. The number of aromatic nitrogens is 4. The van der Waals surface area contributed by atoms with E-state index in [0.717, 1.165) is 47.4 Å². The van der Waals surface area contributed by atoms with Crippen molar-refractivity contribution in [3.63, 3.8) is 0 Å². The van der Waals surface area contributed by atoms with Gasteiger partial charge in [-0.25, -0.2) is 9.97 Å². The van der Waals surface area contributed by atoms with Gasteiger partial charge < -0.3 is 19.0 Å². The van der Waals surface area contributed by atoms with Crippen LogP contribution in [0.4, 0.5) is 11.6 Å². The highest BCUT2D eigenvalue weighted by Gasteiger charge is 2.23. The van der Waals surface area contributed by atoms with Gasteiger partial charge in [0.1, 0.15) is 11.3 Å². The van der Waals surface area contributed by atoms with Crippen LogP contribution in [0.1, 0.15) is 16.9 Å². The van der Waals surface area contributed by atoms with Crippen molar-refractivity contribution < 1.29 is 9.53 Å². The van der Waals surface area contributed by atoms with Gasteiger partial charge in [0.15, 0.2) is 0 Å². The van der Waals surface area contributed by atoms with Gasteiger partial charge >= 0.3 is 0 Å². The number of ether oxygens (including phenoxy) is 1. The molecule has 176 valence electrons. The molecule has 1 atom stereocenters. The summed E-state index contributed by atoms with van der Waals surface area (Å²) in [6, 6.07) is 17.5. The largest absolute Gasteiger partial charge is 0.380 e. The number of halogens is 1. The molecule has 3 aromatic heterocycles. The molecule has 2 aromatic carbocycles. The van der Waals surface area contributed by atoms with Gasteiger partial charge in [-0.2, -0.15) is 0 Å². The number of hydrogen-bond donors (Lipinski definition) is 2. The lowest BCUT2D eigenvalue weighted by molar-refractivity contribution is 0.102. The quantitative estimate of drug-likeness (QED) is 0.364. The Hall–Kier alpha value is -3.88. The number of methoxy groups -OCH3 is 1. The van der Waals surface area contributed by atoms with E-state index in [-0.39, 0.29) is 12.0 Å². The van der Waals surface area contributed by atoms with Crippen molar-refractivity contribution in [3.8, 4) is 11.1 Å². The molecule has 9 heteroatoms. The molecule has 2 N–H and O–H groups in total. The predicted octanol–water partition coefficient (Wildman–Crippen LogP) is 5.01. The lowest BCUT2D eigenvalue weighted by Crippen LogP contribution is -2.22. The van der Waals surface area contributed by atoms with E-state index in [1.165, 1.54) is 0 Å². The Balaban J connectivity index is 1.21. The SMILES string of the molecule is COC1CCN(c2ccc3nc(C(=O)Nc4nc5ccc(-c6cccc(Cl)c6)cc5[nH]4)cn3c2)C1. The molecule has 35 heavy (non-hydrogen) atoms. The second-order valence-corrected chi connectivity index (χ2v) is 9.09. The Morgan fingerprint density at radius 2 is 2.00 bits per heavy atom. The zero-order valence-corrected chi connectivity index (χ0v) is 19.8. The predicted molar refractivity (Wildman–Crippen MR) is 137 cm³/mol. The van der Waals surface area contributed by atoms with Crippen molar-refractivity contribution in [2.45, 2.75) is 12.5 Å². The van der Waals surface area contributed by atoms with Gasteiger partial charge in [0.25, 0.3) is 5.91 Å². The average molecular weight is 487 g/mol. The molecule has 6 rings (SSSR count). The van der Waals surface area contributed by atoms with Gasteiger partial charge in [-0.3, -0.25) is 10.1 Å². The summed E-state index contributed by atoms with van der Waals surface area (Å²) in [6.07, 6.45) is 4.98. The average Bonchev–Trinajstić information content (AvgIpc) is 3.60. The van der Waals surface area contributed by atoms with E-state index in [0.29, 0.717) is 22.3 Å². The van der Waals surface area contributed by atoms with Crippen LogP contribution in [0.2, 0.25) is 5.02 Å². The van der Waals surface area contributed by atoms with Crippen molar-refractivity contribution in [3.05, 3.63) is 77.7 Å². The third-order valence-electron chi connectivity index (χ3n) is 6.38. The summed E-state index contributed by atoms with van der Waals surface area (Å²) in [4.78, 5) is 27.4. The molecule has 8 nitrogen and oxygen atoms in total. The molecule has 0 radical (unpaired) electrons. The molecule has 1 amide bonds. The first-order chi connectivity index (χ1) is 17.1. The summed E-state index contributed by atoms with van der Waals surface area (Å²) >= 11 is 6.13. The molecule has 0 saturated carbocycles. The van der Waals surface area contributed by atoms with Crippen molar-refractivity contribution in [1.29, 1.82) is 0 Å². The third kappa shape index (κ3) is 4.22. The normalized spacial score (nSPS) is 15.8. The fraction of sp³-hybridized carbons (Fsp3) is 0.192. The summed E-state index contributed by atoms with van der Waals surface area (Å²) in [6.45, 7) is 1.80. The van der Waals surface area contributed by atoms with Crippen LogP contribution in [0, 0.1) is 0 Å². The van der Waals surface area contributed by atoms with E-state index in [1.807, 2.05) is 65.2 Å². The molecule has 5 aromatic rings. The number of carbonyl (C=O) groups excluding carboxylic acids is 1. The fourth-order valence-electron chi connectivity index (χ4n) is 4.52. The Kier molecular flexibility index (Phi) is 5.39.